The maximum absolute atomic E-state index is 11.4. The van der Waals surface area contributed by atoms with Crippen molar-refractivity contribution in [2.45, 2.75) is 18.2 Å². The minimum Gasteiger partial charge on any atom is -0.481 e. The van der Waals surface area contributed by atoms with Gasteiger partial charge in [-0.1, -0.05) is 6.92 Å². The summed E-state index contributed by atoms with van der Waals surface area (Å²) in [5, 5.41) is 9.34. The number of hydrogen-bond donors (Lipinski definition) is 2. The largest absolute Gasteiger partial charge is 0.481 e. The number of benzene rings is 1. The predicted octanol–water partition coefficient (Wildman–Crippen LogP) is 2.30. The lowest BCUT2D eigenvalue weighted by Gasteiger charge is -2.30. The molecule has 0 spiro atoms. The number of carbonyl (C=O) groups is 1. The molecule has 26 heavy (non-hydrogen) atoms. The van der Waals surface area contributed by atoms with Crippen LogP contribution in [0.5, 0.6) is 0 Å². The molecule has 0 unspecified atom stereocenters. The predicted molar refractivity (Wildman–Crippen MR) is 103 cm³/mol. The summed E-state index contributed by atoms with van der Waals surface area (Å²) in [5.41, 5.74) is 7.79. The average molecular weight is 374 g/mol. The number of carboxylic acid groups (broad SMARTS) is 1. The van der Waals surface area contributed by atoms with Crippen LogP contribution in [0.2, 0.25) is 0 Å². The van der Waals surface area contributed by atoms with E-state index in [1.807, 2.05) is 19.1 Å². The molecule has 3 rings (SSSR count). The SMILES string of the molecule is CCSc1c(CC(=O)O)nc(-c2ccc(N)cc2)nc1N1CCOCC1. The van der Waals surface area contributed by atoms with E-state index in [-0.39, 0.29) is 6.42 Å². The van der Waals surface area contributed by atoms with Crippen molar-refractivity contribution >= 4 is 29.2 Å². The van der Waals surface area contributed by atoms with Gasteiger partial charge < -0.3 is 20.5 Å². The number of ether oxygens (including phenoxy) is 1. The van der Waals surface area contributed by atoms with Gasteiger partial charge in [-0.05, 0) is 30.0 Å². The van der Waals surface area contributed by atoms with Gasteiger partial charge in [-0.25, -0.2) is 9.97 Å². The molecular formula is C18H22N4O3S. The van der Waals surface area contributed by atoms with Crippen molar-refractivity contribution < 1.29 is 14.6 Å². The van der Waals surface area contributed by atoms with Gasteiger partial charge >= 0.3 is 5.97 Å². The monoisotopic (exact) mass is 374 g/mol. The van der Waals surface area contributed by atoms with Crippen LogP contribution in [0.3, 0.4) is 0 Å². The number of thioether (sulfide) groups is 1. The zero-order valence-electron chi connectivity index (χ0n) is 14.6. The van der Waals surface area contributed by atoms with Crippen LogP contribution in [0.25, 0.3) is 11.4 Å². The van der Waals surface area contributed by atoms with Crippen LogP contribution in [0.1, 0.15) is 12.6 Å². The summed E-state index contributed by atoms with van der Waals surface area (Å²) < 4.78 is 5.44. The molecule has 2 heterocycles. The standard InChI is InChI=1S/C18H22N4O3S/c1-2-26-16-14(11-15(23)24)20-17(12-3-5-13(19)6-4-12)21-18(16)22-7-9-25-10-8-22/h3-6H,2,7-11,19H2,1H3,(H,23,24). The molecule has 2 aromatic rings. The van der Waals surface area contributed by atoms with Gasteiger partial charge in [0, 0.05) is 24.3 Å². The number of rotatable bonds is 6. The fraction of sp³-hybridized carbons (Fsp3) is 0.389. The summed E-state index contributed by atoms with van der Waals surface area (Å²) in [6.45, 7) is 4.74. The maximum Gasteiger partial charge on any atom is 0.309 e. The zero-order valence-corrected chi connectivity index (χ0v) is 15.5. The Morgan fingerprint density at radius 1 is 1.27 bits per heavy atom. The Kier molecular flexibility index (Phi) is 5.95. The Morgan fingerprint density at radius 3 is 2.58 bits per heavy atom. The van der Waals surface area contributed by atoms with Crippen molar-refractivity contribution in [3.63, 3.8) is 0 Å². The summed E-state index contributed by atoms with van der Waals surface area (Å²) in [4.78, 5) is 23.7. The third-order valence-electron chi connectivity index (χ3n) is 4.00. The molecule has 3 N–H and O–H groups in total. The number of anilines is 2. The normalized spacial score (nSPS) is 14.4. The van der Waals surface area contributed by atoms with Crippen LogP contribution in [0.15, 0.2) is 29.2 Å². The van der Waals surface area contributed by atoms with E-state index >= 15 is 0 Å². The van der Waals surface area contributed by atoms with Crippen LogP contribution < -0.4 is 10.6 Å². The Balaban J connectivity index is 2.12. The van der Waals surface area contributed by atoms with Crippen molar-refractivity contribution in [3.05, 3.63) is 30.0 Å². The molecule has 0 saturated carbocycles. The Bertz CT molecular complexity index is 777. The average Bonchev–Trinajstić information content (AvgIpc) is 2.64. The summed E-state index contributed by atoms with van der Waals surface area (Å²) in [6, 6.07) is 7.28. The van der Waals surface area contributed by atoms with E-state index in [4.69, 9.17) is 15.5 Å². The summed E-state index contributed by atoms with van der Waals surface area (Å²) >= 11 is 1.58. The van der Waals surface area contributed by atoms with Crippen LogP contribution in [-0.2, 0) is 16.0 Å². The number of carboxylic acids is 1. The molecule has 7 nitrogen and oxygen atoms in total. The first kappa shape index (κ1) is 18.5. The molecule has 0 bridgehead atoms. The van der Waals surface area contributed by atoms with E-state index < -0.39 is 5.97 Å². The van der Waals surface area contributed by atoms with E-state index in [9.17, 15) is 9.90 Å². The fourth-order valence-corrected chi connectivity index (χ4v) is 3.67. The van der Waals surface area contributed by atoms with E-state index in [1.165, 1.54) is 0 Å². The van der Waals surface area contributed by atoms with Crippen molar-refractivity contribution in [2.75, 3.05) is 42.7 Å². The van der Waals surface area contributed by atoms with Crippen molar-refractivity contribution in [1.82, 2.24) is 9.97 Å². The minimum absolute atomic E-state index is 0.135. The van der Waals surface area contributed by atoms with Crippen LogP contribution >= 0.6 is 11.8 Å². The molecule has 0 atom stereocenters. The van der Waals surface area contributed by atoms with Crippen molar-refractivity contribution in [1.29, 1.82) is 0 Å². The van der Waals surface area contributed by atoms with Crippen LogP contribution in [0, 0.1) is 0 Å². The summed E-state index contributed by atoms with van der Waals surface area (Å²) in [7, 11) is 0. The molecule has 1 aromatic carbocycles. The number of aliphatic carboxylic acids is 1. The van der Waals surface area contributed by atoms with Gasteiger partial charge in [0.15, 0.2) is 5.82 Å². The van der Waals surface area contributed by atoms with E-state index in [0.29, 0.717) is 30.4 Å². The summed E-state index contributed by atoms with van der Waals surface area (Å²) in [6.07, 6.45) is -0.135. The lowest BCUT2D eigenvalue weighted by Crippen LogP contribution is -2.37. The van der Waals surface area contributed by atoms with Gasteiger partial charge in [-0.15, -0.1) is 11.8 Å². The third kappa shape index (κ3) is 4.25. The highest BCUT2D eigenvalue weighted by Crippen LogP contribution is 2.34. The van der Waals surface area contributed by atoms with Crippen LogP contribution in [0.4, 0.5) is 11.5 Å². The number of nitrogens with zero attached hydrogens (tertiary/aromatic N) is 3. The summed E-state index contributed by atoms with van der Waals surface area (Å²) in [5.74, 6) is 1.22. The van der Waals surface area contributed by atoms with Gasteiger partial charge in [-0.3, -0.25) is 4.79 Å². The highest BCUT2D eigenvalue weighted by Gasteiger charge is 2.23. The molecular weight excluding hydrogens is 352 g/mol. The highest BCUT2D eigenvalue weighted by atomic mass is 32.2. The maximum atomic E-state index is 11.4. The molecule has 1 aliphatic rings. The molecule has 0 radical (unpaired) electrons. The van der Waals surface area contributed by atoms with Gasteiger partial charge in [-0.2, -0.15) is 0 Å². The molecule has 0 amide bonds. The molecule has 8 heteroatoms. The Hall–Kier alpha value is -2.32. The molecule has 1 aromatic heterocycles. The second-order valence-corrected chi connectivity index (χ2v) is 7.15. The number of hydrogen-bond acceptors (Lipinski definition) is 7. The number of aromatic nitrogens is 2. The van der Waals surface area contributed by atoms with Gasteiger partial charge in [0.05, 0.1) is 30.2 Å². The van der Waals surface area contributed by atoms with Crippen molar-refractivity contribution in [3.8, 4) is 11.4 Å². The lowest BCUT2D eigenvalue weighted by atomic mass is 10.2. The molecule has 138 valence electrons. The third-order valence-corrected chi connectivity index (χ3v) is 5.00. The van der Waals surface area contributed by atoms with Gasteiger partial charge in [0.25, 0.3) is 0 Å². The fourth-order valence-electron chi connectivity index (χ4n) is 2.79. The minimum atomic E-state index is -0.905. The van der Waals surface area contributed by atoms with E-state index in [2.05, 4.69) is 9.88 Å². The number of morpholine rings is 1. The molecule has 1 aliphatic heterocycles. The first-order chi connectivity index (χ1) is 12.6. The highest BCUT2D eigenvalue weighted by molar-refractivity contribution is 7.99. The molecule has 1 saturated heterocycles. The Morgan fingerprint density at radius 2 is 1.96 bits per heavy atom. The van der Waals surface area contributed by atoms with E-state index in [0.717, 1.165) is 35.1 Å². The zero-order chi connectivity index (χ0) is 18.5. The van der Waals surface area contributed by atoms with Crippen molar-refractivity contribution in [2.24, 2.45) is 0 Å². The first-order valence-electron chi connectivity index (χ1n) is 8.52. The van der Waals surface area contributed by atoms with Crippen LogP contribution in [-0.4, -0.2) is 53.1 Å². The lowest BCUT2D eigenvalue weighted by molar-refractivity contribution is -0.136. The van der Waals surface area contributed by atoms with Gasteiger partial charge in [0.1, 0.15) is 5.82 Å². The second kappa shape index (κ2) is 8.37. The number of nitrogen functional groups attached to an aromatic ring is 1. The smallest absolute Gasteiger partial charge is 0.309 e. The van der Waals surface area contributed by atoms with E-state index in [1.54, 1.807) is 23.9 Å². The van der Waals surface area contributed by atoms with Gasteiger partial charge in [0.2, 0.25) is 0 Å². The molecule has 1 fully saturated rings. The Labute approximate surface area is 156 Å². The number of nitrogens with two attached hydrogens (primary N) is 1. The topological polar surface area (TPSA) is 102 Å². The first-order valence-corrected chi connectivity index (χ1v) is 9.51. The quantitative estimate of drug-likeness (QED) is 0.587. The second-order valence-electron chi connectivity index (χ2n) is 5.87. The molecule has 0 aliphatic carbocycles.